The molecule has 0 atom stereocenters. The lowest BCUT2D eigenvalue weighted by Crippen LogP contribution is -2.21. The molecule has 0 aromatic rings. The molecule has 0 aliphatic carbocycles. The number of isocyanates is 1. The summed E-state index contributed by atoms with van der Waals surface area (Å²) in [6, 6.07) is 0. The minimum atomic E-state index is -1.12. The number of carboxylic acids is 1. The van der Waals surface area contributed by atoms with Gasteiger partial charge in [-0.15, -0.1) is 0 Å². The Morgan fingerprint density at radius 2 is 1.71 bits per heavy atom. The zero-order chi connectivity index (χ0) is 11.4. The highest BCUT2D eigenvalue weighted by molar-refractivity contribution is 5.70. The van der Waals surface area contributed by atoms with E-state index in [2.05, 4.69) is 30.7 Å². The Morgan fingerprint density at radius 3 is 1.79 bits per heavy atom. The van der Waals surface area contributed by atoms with E-state index < -0.39 is 12.5 Å². The van der Waals surface area contributed by atoms with Crippen LogP contribution in [0.15, 0.2) is 4.99 Å². The Balaban J connectivity index is 0. The van der Waals surface area contributed by atoms with E-state index in [1.165, 1.54) is 19.6 Å². The predicted octanol–water partition coefficient (Wildman–Crippen LogP) is 0.755. The van der Waals surface area contributed by atoms with Crippen molar-refractivity contribution < 1.29 is 14.7 Å². The van der Waals surface area contributed by atoms with Gasteiger partial charge in [0.05, 0.1) is 0 Å². The maximum atomic E-state index is 9.49. The molecular formula is C9H18N2O3. The summed E-state index contributed by atoms with van der Waals surface area (Å²) in [5, 5.41) is 7.77. The van der Waals surface area contributed by atoms with Crippen LogP contribution in [0.2, 0.25) is 0 Å². The quantitative estimate of drug-likeness (QED) is 0.527. The van der Waals surface area contributed by atoms with Gasteiger partial charge in [0.25, 0.3) is 0 Å². The second kappa shape index (κ2) is 11.8. The molecule has 82 valence electrons. The van der Waals surface area contributed by atoms with Gasteiger partial charge in [0, 0.05) is 0 Å². The van der Waals surface area contributed by atoms with Crippen LogP contribution in [-0.4, -0.2) is 48.2 Å². The van der Waals surface area contributed by atoms with E-state index >= 15 is 0 Å². The van der Waals surface area contributed by atoms with Crippen LogP contribution in [0.1, 0.15) is 20.8 Å². The Labute approximate surface area is 84.4 Å². The molecule has 0 aliphatic heterocycles. The van der Waals surface area contributed by atoms with Crippen molar-refractivity contribution in [2.75, 3.05) is 26.2 Å². The van der Waals surface area contributed by atoms with Crippen LogP contribution in [0.5, 0.6) is 0 Å². The maximum absolute atomic E-state index is 9.49. The van der Waals surface area contributed by atoms with Gasteiger partial charge in [0.15, 0.2) is 0 Å². The third-order valence-corrected chi connectivity index (χ3v) is 1.62. The number of hydrogen-bond acceptors (Lipinski definition) is 4. The van der Waals surface area contributed by atoms with Crippen molar-refractivity contribution in [2.24, 2.45) is 4.99 Å². The first-order valence-electron chi connectivity index (χ1n) is 4.60. The molecule has 0 aromatic carbocycles. The van der Waals surface area contributed by atoms with Crippen molar-refractivity contribution in [1.82, 2.24) is 4.90 Å². The zero-order valence-corrected chi connectivity index (χ0v) is 8.99. The molecule has 0 radical (unpaired) electrons. The highest BCUT2D eigenvalue weighted by atomic mass is 16.4. The van der Waals surface area contributed by atoms with E-state index in [1.54, 1.807) is 0 Å². The summed E-state index contributed by atoms with van der Waals surface area (Å²) < 4.78 is 0. The number of carbonyl (C=O) groups is 1. The summed E-state index contributed by atoms with van der Waals surface area (Å²) in [4.78, 5) is 23.8. The second-order valence-electron chi connectivity index (χ2n) is 2.42. The SMILES string of the molecule is CCN(CC)CC.O=C=NCC(=O)O. The van der Waals surface area contributed by atoms with Crippen molar-refractivity contribution in [3.05, 3.63) is 0 Å². The van der Waals surface area contributed by atoms with Crippen molar-refractivity contribution >= 4 is 12.0 Å². The Morgan fingerprint density at radius 1 is 1.29 bits per heavy atom. The van der Waals surface area contributed by atoms with Crippen molar-refractivity contribution in [3.63, 3.8) is 0 Å². The van der Waals surface area contributed by atoms with E-state index in [0.29, 0.717) is 0 Å². The minimum Gasteiger partial charge on any atom is -0.480 e. The first-order valence-corrected chi connectivity index (χ1v) is 4.60. The average Bonchev–Trinajstić information content (AvgIpc) is 2.18. The fraction of sp³-hybridized carbons (Fsp3) is 0.778. The summed E-state index contributed by atoms with van der Waals surface area (Å²) in [5.41, 5.74) is 0. The molecule has 0 bridgehead atoms. The average molecular weight is 202 g/mol. The molecule has 0 unspecified atom stereocenters. The highest BCUT2D eigenvalue weighted by Crippen LogP contribution is 1.81. The van der Waals surface area contributed by atoms with Crippen molar-refractivity contribution in [2.45, 2.75) is 20.8 Å². The summed E-state index contributed by atoms with van der Waals surface area (Å²) in [5.74, 6) is -1.12. The molecule has 5 heteroatoms. The van der Waals surface area contributed by atoms with Gasteiger partial charge in [-0.05, 0) is 19.6 Å². The van der Waals surface area contributed by atoms with Crippen LogP contribution in [0.4, 0.5) is 0 Å². The molecule has 0 rings (SSSR count). The number of rotatable bonds is 5. The summed E-state index contributed by atoms with van der Waals surface area (Å²) in [6.45, 7) is 9.64. The highest BCUT2D eigenvalue weighted by Gasteiger charge is 1.89. The third-order valence-electron chi connectivity index (χ3n) is 1.62. The Bertz CT molecular complexity index is 179. The molecule has 5 nitrogen and oxygen atoms in total. The molecule has 0 aliphatic rings. The summed E-state index contributed by atoms with van der Waals surface area (Å²) in [6.07, 6.45) is 1.09. The number of nitrogens with zero attached hydrogens (tertiary/aromatic N) is 2. The molecule has 0 saturated carbocycles. The molecule has 1 N–H and O–H groups in total. The van der Waals surface area contributed by atoms with Gasteiger partial charge in [0.2, 0.25) is 6.08 Å². The molecule has 0 spiro atoms. The molecule has 0 saturated heterocycles. The van der Waals surface area contributed by atoms with Gasteiger partial charge in [0.1, 0.15) is 6.54 Å². The second-order valence-corrected chi connectivity index (χ2v) is 2.42. The summed E-state index contributed by atoms with van der Waals surface area (Å²) >= 11 is 0. The zero-order valence-electron chi connectivity index (χ0n) is 8.99. The number of aliphatic imine (C=N–C) groups is 1. The molecule has 0 heterocycles. The number of hydrogen-bond donors (Lipinski definition) is 1. The number of carboxylic acid groups (broad SMARTS) is 1. The Hall–Kier alpha value is -1.19. The fourth-order valence-corrected chi connectivity index (χ4v) is 0.771. The minimum absolute atomic E-state index is 0.483. The van der Waals surface area contributed by atoms with Crippen LogP contribution in [-0.2, 0) is 9.59 Å². The smallest absolute Gasteiger partial charge is 0.326 e. The van der Waals surface area contributed by atoms with Crippen LogP contribution >= 0.6 is 0 Å². The van der Waals surface area contributed by atoms with Crippen molar-refractivity contribution in [3.8, 4) is 0 Å². The lowest BCUT2D eigenvalue weighted by Gasteiger charge is -2.13. The van der Waals surface area contributed by atoms with E-state index in [0.717, 1.165) is 6.08 Å². The Kier molecular flexibility index (Phi) is 12.9. The van der Waals surface area contributed by atoms with Gasteiger partial charge in [-0.1, -0.05) is 20.8 Å². The monoisotopic (exact) mass is 202 g/mol. The van der Waals surface area contributed by atoms with Gasteiger partial charge in [-0.25, -0.2) is 4.79 Å². The lowest BCUT2D eigenvalue weighted by molar-refractivity contribution is -0.135. The van der Waals surface area contributed by atoms with Crippen molar-refractivity contribution in [1.29, 1.82) is 0 Å². The van der Waals surface area contributed by atoms with Crippen LogP contribution in [0.3, 0.4) is 0 Å². The van der Waals surface area contributed by atoms with E-state index in [9.17, 15) is 4.79 Å². The van der Waals surface area contributed by atoms with E-state index in [4.69, 9.17) is 9.90 Å². The van der Waals surface area contributed by atoms with E-state index in [-0.39, 0.29) is 0 Å². The lowest BCUT2D eigenvalue weighted by atomic mass is 10.5. The van der Waals surface area contributed by atoms with Crippen LogP contribution in [0, 0.1) is 0 Å². The van der Waals surface area contributed by atoms with Gasteiger partial charge in [-0.2, -0.15) is 4.99 Å². The van der Waals surface area contributed by atoms with Gasteiger partial charge in [-0.3, -0.25) is 4.79 Å². The normalized spacial score (nSPS) is 8.57. The number of carbonyl (C=O) groups excluding carboxylic acids is 1. The molecule has 0 amide bonds. The predicted molar refractivity (Wildman–Crippen MR) is 54.1 cm³/mol. The number of aliphatic carboxylic acids is 1. The van der Waals surface area contributed by atoms with Gasteiger partial charge >= 0.3 is 5.97 Å². The fourth-order valence-electron chi connectivity index (χ4n) is 0.771. The molecule has 0 fully saturated rings. The van der Waals surface area contributed by atoms with E-state index in [1.807, 2.05) is 0 Å². The van der Waals surface area contributed by atoms with Gasteiger partial charge < -0.3 is 10.0 Å². The third kappa shape index (κ3) is 13.4. The van der Waals surface area contributed by atoms with Crippen LogP contribution in [0.25, 0.3) is 0 Å². The topological polar surface area (TPSA) is 70.0 Å². The molecular weight excluding hydrogens is 184 g/mol. The van der Waals surface area contributed by atoms with Crippen LogP contribution < -0.4 is 0 Å². The molecule has 14 heavy (non-hydrogen) atoms. The summed E-state index contributed by atoms with van der Waals surface area (Å²) in [7, 11) is 0. The first-order chi connectivity index (χ1) is 6.62. The standard InChI is InChI=1S/C6H15N.C3H3NO3/c1-4-7(5-2)6-3;5-2-4-1-3(6)7/h4-6H2,1-3H3;1H2,(H,6,7). The largest absolute Gasteiger partial charge is 0.480 e. The first kappa shape index (κ1) is 15.3. The maximum Gasteiger partial charge on any atom is 0.326 e. The molecule has 0 aromatic heterocycles.